The Kier molecular flexibility index (Phi) is 9.62. The Morgan fingerprint density at radius 1 is 0.571 bits per heavy atom. The molecule has 220 valence electrons. The number of anilines is 2. The fourth-order valence-electron chi connectivity index (χ4n) is 6.62. The number of hydrogen-bond acceptors (Lipinski definition) is 2. The second-order valence-corrected chi connectivity index (χ2v) is 12.0. The summed E-state index contributed by atoms with van der Waals surface area (Å²) in [5, 5.41) is 1.90. The number of unbranched alkanes of at least 4 members (excludes halogenated alkanes) is 2. The molecule has 5 rings (SSSR count). The van der Waals surface area contributed by atoms with E-state index in [2.05, 4.69) is 39.8 Å². The Balaban J connectivity index is 1.72. The van der Waals surface area contributed by atoms with E-state index in [1.807, 2.05) is 70.5 Å². The third kappa shape index (κ3) is 5.82. The molecule has 0 fully saturated rings. The molecule has 2 atom stereocenters. The summed E-state index contributed by atoms with van der Waals surface area (Å²) in [4.78, 5) is 32.5. The van der Waals surface area contributed by atoms with E-state index in [0.29, 0.717) is 24.9 Å². The van der Waals surface area contributed by atoms with Crippen LogP contribution in [0.2, 0.25) is 0 Å². The second kappa shape index (κ2) is 13.5. The molecule has 0 bridgehead atoms. The van der Waals surface area contributed by atoms with Gasteiger partial charge in [0.15, 0.2) is 0 Å². The molecule has 4 heteroatoms. The lowest BCUT2D eigenvalue weighted by molar-refractivity contribution is -0.114. The molecule has 0 aliphatic carbocycles. The third-order valence-electron chi connectivity index (χ3n) is 9.25. The van der Waals surface area contributed by atoms with Crippen LogP contribution in [0.15, 0.2) is 72.8 Å². The predicted octanol–water partition coefficient (Wildman–Crippen LogP) is 7.21. The summed E-state index contributed by atoms with van der Waals surface area (Å²) in [5.74, 6) is 1.01. The molecule has 3 aromatic rings. The van der Waals surface area contributed by atoms with Crippen LogP contribution < -0.4 is 20.2 Å². The normalized spacial score (nSPS) is 15.8. The van der Waals surface area contributed by atoms with Crippen LogP contribution in [-0.2, 0) is 9.59 Å². The Morgan fingerprint density at radius 2 is 0.952 bits per heavy atom. The first kappa shape index (κ1) is 29.8. The van der Waals surface area contributed by atoms with Crippen molar-refractivity contribution in [3.63, 3.8) is 0 Å². The zero-order valence-electron chi connectivity index (χ0n) is 25.9. The van der Waals surface area contributed by atoms with Crippen LogP contribution in [0.5, 0.6) is 0 Å². The molecule has 2 aliphatic heterocycles. The summed E-state index contributed by atoms with van der Waals surface area (Å²) in [6, 6.07) is 24.4. The fraction of sp³-hybridized carbons (Fsp3) is 0.421. The van der Waals surface area contributed by atoms with Gasteiger partial charge in [0, 0.05) is 23.5 Å². The highest BCUT2D eigenvalue weighted by molar-refractivity contribution is 6.32. The molecular formula is C38H46N2O2. The molecule has 2 heterocycles. The molecule has 2 unspecified atom stereocenters. The van der Waals surface area contributed by atoms with E-state index in [9.17, 15) is 9.59 Å². The Labute approximate surface area is 251 Å². The maximum atomic E-state index is 14.3. The molecule has 0 N–H and O–H groups in total. The van der Waals surface area contributed by atoms with Crippen molar-refractivity contribution >= 4 is 34.3 Å². The number of hydrogen-bond donors (Lipinski definition) is 0. The minimum absolute atomic E-state index is 0.0725. The van der Waals surface area contributed by atoms with Crippen molar-refractivity contribution in [2.45, 2.75) is 79.1 Å². The first-order chi connectivity index (χ1) is 20.5. The Bertz CT molecular complexity index is 1410. The van der Waals surface area contributed by atoms with Crippen molar-refractivity contribution in [3.8, 4) is 0 Å². The average molecular weight is 563 g/mol. The van der Waals surface area contributed by atoms with Gasteiger partial charge in [-0.3, -0.25) is 9.59 Å². The van der Waals surface area contributed by atoms with Gasteiger partial charge in [0.05, 0.1) is 22.5 Å². The summed E-state index contributed by atoms with van der Waals surface area (Å²) in [5.41, 5.74) is 5.24. The van der Waals surface area contributed by atoms with Crippen molar-refractivity contribution in [2.75, 3.05) is 22.9 Å². The van der Waals surface area contributed by atoms with Gasteiger partial charge in [0.1, 0.15) is 0 Å². The molecule has 0 saturated carbocycles. The smallest absolute Gasteiger partial charge is 0.259 e. The molecule has 0 radical (unpaired) electrons. The number of rotatable bonds is 14. The quantitative estimate of drug-likeness (QED) is 0.208. The standard InChI is InChI=1S/C38H46N2O2/c1-5-9-17-27(7-3)25-39-33-23-32-34(24-31(33)35(37(39)41)29-19-13-11-14-20-29)40(26-28(8-4)18-10-6-2)38(42)36(32)30-21-15-12-16-22-30/h11-16,19-24,27-28H,5-10,17-18,25-26H2,1-4H3. The van der Waals surface area contributed by atoms with Crippen LogP contribution in [0.3, 0.4) is 0 Å². The maximum Gasteiger partial charge on any atom is 0.259 e. The van der Waals surface area contributed by atoms with Crippen LogP contribution in [0, 0.1) is 11.8 Å². The highest BCUT2D eigenvalue weighted by atomic mass is 16.2. The van der Waals surface area contributed by atoms with Gasteiger partial charge in [0.2, 0.25) is 0 Å². The summed E-state index contributed by atoms with van der Waals surface area (Å²) < 4.78 is 0. The molecule has 42 heavy (non-hydrogen) atoms. The van der Waals surface area contributed by atoms with Crippen LogP contribution in [0.25, 0.3) is 11.1 Å². The molecule has 2 amide bonds. The van der Waals surface area contributed by atoms with Crippen LogP contribution >= 0.6 is 0 Å². The maximum absolute atomic E-state index is 14.3. The van der Waals surface area contributed by atoms with E-state index >= 15 is 0 Å². The first-order valence-electron chi connectivity index (χ1n) is 16.2. The highest BCUT2D eigenvalue weighted by Gasteiger charge is 2.36. The van der Waals surface area contributed by atoms with Gasteiger partial charge in [0.25, 0.3) is 11.8 Å². The number of benzene rings is 3. The van der Waals surface area contributed by atoms with E-state index in [-0.39, 0.29) is 11.8 Å². The number of amides is 2. The molecule has 4 nitrogen and oxygen atoms in total. The lowest BCUT2D eigenvalue weighted by Gasteiger charge is -2.26. The zero-order chi connectivity index (χ0) is 29.6. The number of fused-ring (bicyclic) bond motifs is 2. The number of carbonyl (C=O) groups is 2. The average Bonchev–Trinajstić information content (AvgIpc) is 3.44. The lowest BCUT2D eigenvalue weighted by Crippen LogP contribution is -2.35. The Morgan fingerprint density at radius 3 is 1.29 bits per heavy atom. The van der Waals surface area contributed by atoms with E-state index in [1.165, 1.54) is 12.8 Å². The topological polar surface area (TPSA) is 40.6 Å². The van der Waals surface area contributed by atoms with Gasteiger partial charge in [-0.25, -0.2) is 0 Å². The van der Waals surface area contributed by atoms with E-state index < -0.39 is 0 Å². The van der Waals surface area contributed by atoms with E-state index in [0.717, 1.165) is 82.6 Å². The van der Waals surface area contributed by atoms with Gasteiger partial charge in [-0.15, -0.1) is 0 Å². The number of carbonyl (C=O) groups excluding carboxylic acids is 2. The van der Waals surface area contributed by atoms with E-state index in [1.54, 1.807) is 0 Å². The molecule has 3 aromatic carbocycles. The first-order valence-corrected chi connectivity index (χ1v) is 16.2. The van der Waals surface area contributed by atoms with E-state index in [4.69, 9.17) is 0 Å². The summed E-state index contributed by atoms with van der Waals surface area (Å²) in [7, 11) is 0. The monoisotopic (exact) mass is 562 g/mol. The minimum atomic E-state index is 0.0725. The van der Waals surface area contributed by atoms with Crippen LogP contribution in [0.1, 0.15) is 90.2 Å². The fourth-order valence-corrected chi connectivity index (χ4v) is 6.62. The molecular weight excluding hydrogens is 516 g/mol. The molecule has 0 spiro atoms. The summed E-state index contributed by atoms with van der Waals surface area (Å²) in [6.07, 6.45) is 8.93. The third-order valence-corrected chi connectivity index (χ3v) is 9.25. The Hall–Kier alpha value is -3.66. The van der Waals surface area contributed by atoms with Crippen molar-refractivity contribution in [2.24, 2.45) is 11.8 Å². The lowest BCUT2D eigenvalue weighted by atomic mass is 9.98. The minimum Gasteiger partial charge on any atom is -0.307 e. The second-order valence-electron chi connectivity index (χ2n) is 12.0. The van der Waals surface area contributed by atoms with Gasteiger partial charge in [-0.1, -0.05) is 127 Å². The SMILES string of the molecule is CCCCC(CC)CN1C(=O)C(c2ccccc2)=c2cc3c(cc21)=C(c1ccccc1)C(=O)N3CC(CC)CCCC. The van der Waals surface area contributed by atoms with Gasteiger partial charge in [-0.2, -0.15) is 0 Å². The van der Waals surface area contributed by atoms with Crippen LogP contribution in [-0.4, -0.2) is 24.9 Å². The predicted molar refractivity (Wildman–Crippen MR) is 175 cm³/mol. The summed E-state index contributed by atoms with van der Waals surface area (Å²) >= 11 is 0. The summed E-state index contributed by atoms with van der Waals surface area (Å²) in [6.45, 7) is 10.3. The van der Waals surface area contributed by atoms with Gasteiger partial charge >= 0.3 is 0 Å². The van der Waals surface area contributed by atoms with Crippen molar-refractivity contribution in [1.82, 2.24) is 0 Å². The van der Waals surface area contributed by atoms with Crippen molar-refractivity contribution in [3.05, 3.63) is 94.4 Å². The van der Waals surface area contributed by atoms with Crippen molar-refractivity contribution < 1.29 is 9.59 Å². The van der Waals surface area contributed by atoms with Crippen molar-refractivity contribution in [1.29, 1.82) is 0 Å². The van der Waals surface area contributed by atoms with Gasteiger partial charge < -0.3 is 9.80 Å². The molecule has 0 saturated heterocycles. The molecule has 2 aliphatic rings. The van der Waals surface area contributed by atoms with Gasteiger partial charge in [-0.05, 0) is 47.9 Å². The van der Waals surface area contributed by atoms with Crippen LogP contribution in [0.4, 0.5) is 11.4 Å². The zero-order valence-corrected chi connectivity index (χ0v) is 25.9. The number of nitrogens with zero attached hydrogens (tertiary/aromatic N) is 2. The molecule has 0 aromatic heterocycles. The highest BCUT2D eigenvalue weighted by Crippen LogP contribution is 2.33. The largest absolute Gasteiger partial charge is 0.307 e.